The summed E-state index contributed by atoms with van der Waals surface area (Å²) in [6, 6.07) is 30.6. The Bertz CT molecular complexity index is 1440. The van der Waals surface area contributed by atoms with E-state index in [9.17, 15) is 13.2 Å². The molecule has 1 atom stereocenters. The molecule has 0 aliphatic heterocycles. The van der Waals surface area contributed by atoms with Crippen LogP contribution in [0.3, 0.4) is 0 Å². The largest absolute Gasteiger partial charge is 0.344 e. The van der Waals surface area contributed by atoms with Crippen molar-refractivity contribution in [3.8, 4) is 0 Å². The summed E-state index contributed by atoms with van der Waals surface area (Å²) >= 11 is 3.39. The number of aryl methyl sites for hydroxylation is 2. The monoisotopic (exact) mass is 562 g/mol. The number of amides is 1. The van der Waals surface area contributed by atoms with Crippen LogP contribution in [0.4, 0.5) is 5.69 Å². The van der Waals surface area contributed by atoms with E-state index < -0.39 is 22.0 Å². The van der Waals surface area contributed by atoms with Gasteiger partial charge in [-0.25, -0.2) is 8.42 Å². The van der Waals surface area contributed by atoms with E-state index in [2.05, 4.69) is 21.2 Å². The van der Waals surface area contributed by atoms with Crippen molar-refractivity contribution in [2.24, 2.45) is 0 Å². The van der Waals surface area contributed by atoms with Crippen molar-refractivity contribution < 1.29 is 13.2 Å². The van der Waals surface area contributed by atoms with Gasteiger partial charge in [0.05, 0.1) is 16.6 Å². The number of nitrogens with one attached hydrogen (secondary N) is 1. The van der Waals surface area contributed by atoms with E-state index in [0.29, 0.717) is 5.69 Å². The molecule has 1 amide bonds. The Morgan fingerprint density at radius 1 is 0.806 bits per heavy atom. The minimum Gasteiger partial charge on any atom is -0.344 e. The summed E-state index contributed by atoms with van der Waals surface area (Å²) in [5, 5.41) is 3.07. The third kappa shape index (κ3) is 6.04. The van der Waals surface area contributed by atoms with E-state index in [1.807, 2.05) is 68.4 Å². The zero-order chi connectivity index (χ0) is 25.7. The SMILES string of the molecule is Cc1ccc(S(=O)(=O)N(CC(=O)NC(c2ccccc2)c2cccc(C)c2)c2ccc(Br)cc2)cc1. The van der Waals surface area contributed by atoms with Crippen LogP contribution in [0, 0.1) is 13.8 Å². The average molecular weight is 564 g/mol. The third-order valence-corrected chi connectivity index (χ3v) is 8.14. The third-order valence-electron chi connectivity index (χ3n) is 5.82. The number of halogens is 1. The van der Waals surface area contributed by atoms with Crippen molar-refractivity contribution in [3.05, 3.63) is 130 Å². The minimum absolute atomic E-state index is 0.127. The number of hydrogen-bond donors (Lipinski definition) is 1. The smallest absolute Gasteiger partial charge is 0.264 e. The van der Waals surface area contributed by atoms with E-state index in [0.717, 1.165) is 31.0 Å². The predicted octanol–water partition coefficient (Wildman–Crippen LogP) is 6.17. The van der Waals surface area contributed by atoms with Crippen molar-refractivity contribution >= 4 is 37.5 Å². The van der Waals surface area contributed by atoms with E-state index in [1.54, 1.807) is 48.5 Å². The summed E-state index contributed by atoms with van der Waals surface area (Å²) < 4.78 is 29.3. The Hall–Kier alpha value is -3.42. The molecule has 4 aromatic rings. The quantitative estimate of drug-likeness (QED) is 0.279. The summed E-state index contributed by atoms with van der Waals surface area (Å²) in [7, 11) is -3.99. The van der Waals surface area contributed by atoms with E-state index in [-0.39, 0.29) is 11.4 Å². The molecule has 36 heavy (non-hydrogen) atoms. The number of benzene rings is 4. The van der Waals surface area contributed by atoms with Crippen LogP contribution in [0.1, 0.15) is 28.3 Å². The highest BCUT2D eigenvalue weighted by Gasteiger charge is 2.28. The molecule has 184 valence electrons. The van der Waals surface area contributed by atoms with Gasteiger partial charge in [0.1, 0.15) is 6.54 Å². The Morgan fingerprint density at radius 2 is 1.44 bits per heavy atom. The maximum Gasteiger partial charge on any atom is 0.264 e. The lowest BCUT2D eigenvalue weighted by molar-refractivity contribution is -0.120. The van der Waals surface area contributed by atoms with E-state index >= 15 is 0 Å². The highest BCUT2D eigenvalue weighted by atomic mass is 79.9. The summed E-state index contributed by atoms with van der Waals surface area (Å²) in [5.41, 5.74) is 4.26. The number of rotatable bonds is 8. The highest BCUT2D eigenvalue weighted by Crippen LogP contribution is 2.27. The first-order chi connectivity index (χ1) is 17.2. The van der Waals surface area contributed by atoms with Crippen LogP contribution in [0.5, 0.6) is 0 Å². The average Bonchev–Trinajstić information content (AvgIpc) is 2.87. The van der Waals surface area contributed by atoms with Crippen LogP contribution in [0.15, 0.2) is 112 Å². The van der Waals surface area contributed by atoms with Crippen LogP contribution < -0.4 is 9.62 Å². The molecule has 0 spiro atoms. The summed E-state index contributed by atoms with van der Waals surface area (Å²) in [6.45, 7) is 3.52. The number of anilines is 1. The summed E-state index contributed by atoms with van der Waals surface area (Å²) in [4.78, 5) is 13.6. The fourth-order valence-electron chi connectivity index (χ4n) is 3.95. The van der Waals surface area contributed by atoms with Gasteiger partial charge in [0, 0.05) is 4.47 Å². The lowest BCUT2D eigenvalue weighted by Gasteiger charge is -2.26. The zero-order valence-corrected chi connectivity index (χ0v) is 22.5. The Labute approximate surface area is 221 Å². The number of carbonyl (C=O) groups is 1. The minimum atomic E-state index is -3.99. The first-order valence-corrected chi connectivity index (χ1v) is 13.7. The molecule has 1 N–H and O–H groups in total. The van der Waals surface area contributed by atoms with Crippen LogP contribution >= 0.6 is 15.9 Å². The van der Waals surface area contributed by atoms with Gasteiger partial charge in [-0.1, -0.05) is 93.8 Å². The first kappa shape index (κ1) is 25.7. The van der Waals surface area contributed by atoms with Gasteiger partial charge >= 0.3 is 0 Å². The van der Waals surface area contributed by atoms with E-state index in [4.69, 9.17) is 0 Å². The van der Waals surface area contributed by atoms with Gasteiger partial charge in [-0.2, -0.15) is 0 Å². The number of sulfonamides is 1. The van der Waals surface area contributed by atoms with Crippen LogP contribution in [-0.4, -0.2) is 20.9 Å². The predicted molar refractivity (Wildman–Crippen MR) is 147 cm³/mol. The van der Waals surface area contributed by atoms with Gasteiger partial charge in [-0.3, -0.25) is 9.10 Å². The molecule has 0 aliphatic carbocycles. The van der Waals surface area contributed by atoms with Crippen molar-refractivity contribution in [3.63, 3.8) is 0 Å². The number of nitrogens with zero attached hydrogens (tertiary/aromatic N) is 1. The molecule has 0 saturated carbocycles. The molecule has 0 aliphatic rings. The number of hydrogen-bond acceptors (Lipinski definition) is 3. The van der Waals surface area contributed by atoms with Crippen molar-refractivity contribution in [1.82, 2.24) is 5.32 Å². The van der Waals surface area contributed by atoms with Gasteiger partial charge in [-0.05, 0) is 61.4 Å². The van der Waals surface area contributed by atoms with Gasteiger partial charge in [0.15, 0.2) is 0 Å². The molecular weight excluding hydrogens is 536 g/mol. The maximum absolute atomic E-state index is 13.7. The molecule has 1 unspecified atom stereocenters. The molecule has 0 aromatic heterocycles. The highest BCUT2D eigenvalue weighted by molar-refractivity contribution is 9.10. The first-order valence-electron chi connectivity index (χ1n) is 11.5. The van der Waals surface area contributed by atoms with E-state index in [1.165, 1.54) is 0 Å². The van der Waals surface area contributed by atoms with Crippen LogP contribution in [0.2, 0.25) is 0 Å². The molecule has 7 heteroatoms. The zero-order valence-electron chi connectivity index (χ0n) is 20.1. The van der Waals surface area contributed by atoms with Crippen molar-refractivity contribution in [1.29, 1.82) is 0 Å². The molecule has 0 radical (unpaired) electrons. The molecular formula is C29H27BrN2O3S. The van der Waals surface area contributed by atoms with Crippen LogP contribution in [-0.2, 0) is 14.8 Å². The fourth-order valence-corrected chi connectivity index (χ4v) is 5.64. The van der Waals surface area contributed by atoms with Gasteiger partial charge in [0.25, 0.3) is 10.0 Å². The topological polar surface area (TPSA) is 66.5 Å². The Morgan fingerprint density at radius 3 is 2.08 bits per heavy atom. The second-order valence-corrected chi connectivity index (χ2v) is 11.4. The lowest BCUT2D eigenvalue weighted by atomic mass is 9.97. The van der Waals surface area contributed by atoms with Gasteiger partial charge in [0.2, 0.25) is 5.91 Å². The number of carbonyl (C=O) groups excluding carboxylic acids is 1. The molecule has 0 bridgehead atoms. The standard InChI is InChI=1S/C29H27BrN2O3S/c1-21-11-17-27(18-12-21)36(34,35)32(26-15-13-25(30)14-16-26)20-28(33)31-29(23-8-4-3-5-9-23)24-10-6-7-22(2)19-24/h3-19,29H,20H2,1-2H3,(H,31,33). The second kappa shape index (κ2) is 11.1. The normalized spacial score (nSPS) is 12.1. The maximum atomic E-state index is 13.7. The molecule has 5 nitrogen and oxygen atoms in total. The Kier molecular flexibility index (Phi) is 7.91. The van der Waals surface area contributed by atoms with Gasteiger partial charge in [-0.15, -0.1) is 0 Å². The Balaban J connectivity index is 1.68. The van der Waals surface area contributed by atoms with Crippen molar-refractivity contribution in [2.75, 3.05) is 10.8 Å². The molecule has 0 heterocycles. The molecule has 4 rings (SSSR count). The lowest BCUT2D eigenvalue weighted by Crippen LogP contribution is -2.42. The van der Waals surface area contributed by atoms with Gasteiger partial charge < -0.3 is 5.32 Å². The van der Waals surface area contributed by atoms with Crippen LogP contribution in [0.25, 0.3) is 0 Å². The van der Waals surface area contributed by atoms with Crippen molar-refractivity contribution in [2.45, 2.75) is 24.8 Å². The molecule has 4 aromatic carbocycles. The molecule has 0 saturated heterocycles. The summed E-state index contributed by atoms with van der Waals surface area (Å²) in [5.74, 6) is -0.413. The molecule has 0 fully saturated rings. The summed E-state index contributed by atoms with van der Waals surface area (Å²) in [6.07, 6.45) is 0. The second-order valence-electron chi connectivity index (χ2n) is 8.63. The fraction of sp³-hybridized carbons (Fsp3) is 0.138.